The number of piperidine rings is 1. The molecule has 1 fully saturated rings. The number of aromatic nitrogens is 2. The topological polar surface area (TPSA) is 68.2 Å². The highest BCUT2D eigenvalue weighted by Crippen LogP contribution is 2.18. The maximum Gasteiger partial charge on any atom is 0.240 e. The Hall–Kier alpha value is -0.940. The van der Waals surface area contributed by atoms with Gasteiger partial charge in [-0.25, -0.2) is 0 Å². The van der Waals surface area contributed by atoms with E-state index in [0.717, 1.165) is 13.1 Å². The van der Waals surface area contributed by atoms with Gasteiger partial charge in [0.1, 0.15) is 0 Å². The van der Waals surface area contributed by atoms with Crippen molar-refractivity contribution < 1.29 is 4.52 Å². The van der Waals surface area contributed by atoms with Gasteiger partial charge in [-0.05, 0) is 26.3 Å². The van der Waals surface area contributed by atoms with Crippen LogP contribution in [0.3, 0.4) is 0 Å². The van der Waals surface area contributed by atoms with E-state index in [1.807, 2.05) is 6.92 Å². The van der Waals surface area contributed by atoms with E-state index in [1.54, 1.807) is 0 Å². The summed E-state index contributed by atoms with van der Waals surface area (Å²) in [5.74, 6) is 1.40. The van der Waals surface area contributed by atoms with Crippen molar-refractivity contribution in [3.63, 3.8) is 0 Å². The highest BCUT2D eigenvalue weighted by molar-refractivity contribution is 4.86. The third-order valence-electron chi connectivity index (χ3n) is 2.93. The molecular formula is C10H18N4O. The maximum atomic E-state index is 5.74. The summed E-state index contributed by atoms with van der Waals surface area (Å²) in [7, 11) is 0. The fourth-order valence-electron chi connectivity index (χ4n) is 2.11. The van der Waals surface area contributed by atoms with E-state index in [1.165, 1.54) is 19.3 Å². The van der Waals surface area contributed by atoms with Crippen molar-refractivity contribution in [3.05, 3.63) is 11.7 Å². The Balaban J connectivity index is 1.97. The van der Waals surface area contributed by atoms with Crippen molar-refractivity contribution in [1.29, 1.82) is 0 Å². The molecule has 0 radical (unpaired) electrons. The SMILES string of the molecule is Cc1noc(CN2CCCCC2CN)n1. The Morgan fingerprint density at radius 1 is 1.53 bits per heavy atom. The predicted molar refractivity (Wildman–Crippen MR) is 56.1 cm³/mol. The van der Waals surface area contributed by atoms with Gasteiger partial charge in [0.15, 0.2) is 5.82 Å². The molecule has 1 saturated heterocycles. The molecule has 15 heavy (non-hydrogen) atoms. The molecule has 2 heterocycles. The average Bonchev–Trinajstić information content (AvgIpc) is 2.65. The van der Waals surface area contributed by atoms with Crippen molar-refractivity contribution in [2.75, 3.05) is 13.1 Å². The molecule has 1 unspecified atom stereocenters. The van der Waals surface area contributed by atoms with E-state index in [-0.39, 0.29) is 0 Å². The van der Waals surface area contributed by atoms with E-state index in [9.17, 15) is 0 Å². The van der Waals surface area contributed by atoms with Gasteiger partial charge in [-0.1, -0.05) is 11.6 Å². The lowest BCUT2D eigenvalue weighted by molar-refractivity contribution is 0.128. The average molecular weight is 210 g/mol. The van der Waals surface area contributed by atoms with Gasteiger partial charge in [-0.3, -0.25) is 4.90 Å². The second-order valence-electron chi connectivity index (χ2n) is 4.09. The van der Waals surface area contributed by atoms with Crippen LogP contribution in [0.5, 0.6) is 0 Å². The van der Waals surface area contributed by atoms with E-state index >= 15 is 0 Å². The molecule has 2 rings (SSSR count). The van der Waals surface area contributed by atoms with Crippen LogP contribution in [0.15, 0.2) is 4.52 Å². The summed E-state index contributed by atoms with van der Waals surface area (Å²) in [5, 5.41) is 3.79. The first kappa shape index (κ1) is 10.6. The summed E-state index contributed by atoms with van der Waals surface area (Å²) in [6.07, 6.45) is 3.70. The Morgan fingerprint density at radius 2 is 2.40 bits per heavy atom. The lowest BCUT2D eigenvalue weighted by Crippen LogP contribution is -2.43. The molecule has 0 aromatic carbocycles. The number of hydrogen-bond donors (Lipinski definition) is 1. The van der Waals surface area contributed by atoms with Crippen LogP contribution in [0.2, 0.25) is 0 Å². The molecule has 1 aromatic heterocycles. The molecule has 1 aliphatic rings. The van der Waals surface area contributed by atoms with Crippen molar-refractivity contribution in [2.24, 2.45) is 5.73 Å². The van der Waals surface area contributed by atoms with Gasteiger partial charge in [0.2, 0.25) is 5.89 Å². The van der Waals surface area contributed by atoms with Gasteiger partial charge in [0.25, 0.3) is 0 Å². The second kappa shape index (κ2) is 4.72. The molecule has 0 aliphatic carbocycles. The smallest absolute Gasteiger partial charge is 0.240 e. The normalized spacial score (nSPS) is 23.2. The summed E-state index contributed by atoms with van der Waals surface area (Å²) >= 11 is 0. The molecular weight excluding hydrogens is 192 g/mol. The largest absolute Gasteiger partial charge is 0.338 e. The fourth-order valence-corrected chi connectivity index (χ4v) is 2.11. The van der Waals surface area contributed by atoms with Crippen LogP contribution < -0.4 is 5.73 Å². The number of rotatable bonds is 3. The minimum atomic E-state index is 0.478. The van der Waals surface area contributed by atoms with Gasteiger partial charge in [0, 0.05) is 12.6 Å². The fraction of sp³-hybridized carbons (Fsp3) is 0.800. The van der Waals surface area contributed by atoms with Crippen LogP contribution in [0, 0.1) is 6.92 Å². The standard InChI is InChI=1S/C10H18N4O/c1-8-12-10(15-13-8)7-14-5-3-2-4-9(14)6-11/h9H,2-7,11H2,1H3. The van der Waals surface area contributed by atoms with Crippen molar-refractivity contribution in [2.45, 2.75) is 38.8 Å². The minimum absolute atomic E-state index is 0.478. The summed E-state index contributed by atoms with van der Waals surface area (Å²) in [6.45, 7) is 4.38. The highest BCUT2D eigenvalue weighted by Gasteiger charge is 2.22. The lowest BCUT2D eigenvalue weighted by atomic mass is 10.0. The first-order chi connectivity index (χ1) is 7.29. The van der Waals surface area contributed by atoms with Crippen LogP contribution in [0.1, 0.15) is 31.0 Å². The number of nitrogens with zero attached hydrogens (tertiary/aromatic N) is 3. The maximum absolute atomic E-state index is 5.74. The molecule has 1 aromatic rings. The predicted octanol–water partition coefficient (Wildman–Crippen LogP) is 0.691. The van der Waals surface area contributed by atoms with Crippen molar-refractivity contribution >= 4 is 0 Å². The van der Waals surface area contributed by atoms with Gasteiger partial charge in [-0.15, -0.1) is 0 Å². The van der Waals surface area contributed by atoms with Crippen LogP contribution in [0.25, 0.3) is 0 Å². The molecule has 1 aliphatic heterocycles. The lowest BCUT2D eigenvalue weighted by Gasteiger charge is -2.33. The van der Waals surface area contributed by atoms with Gasteiger partial charge < -0.3 is 10.3 Å². The first-order valence-electron chi connectivity index (χ1n) is 5.53. The summed E-state index contributed by atoms with van der Waals surface area (Å²) in [5.41, 5.74) is 5.74. The van der Waals surface area contributed by atoms with Crippen LogP contribution in [0.4, 0.5) is 0 Å². The number of aryl methyl sites for hydroxylation is 1. The molecule has 0 saturated carbocycles. The zero-order chi connectivity index (χ0) is 10.7. The highest BCUT2D eigenvalue weighted by atomic mass is 16.5. The van der Waals surface area contributed by atoms with Crippen LogP contribution in [-0.4, -0.2) is 34.2 Å². The van der Waals surface area contributed by atoms with E-state index < -0.39 is 0 Å². The van der Waals surface area contributed by atoms with Gasteiger partial charge in [-0.2, -0.15) is 4.98 Å². The summed E-state index contributed by atoms with van der Waals surface area (Å²) < 4.78 is 5.12. The summed E-state index contributed by atoms with van der Waals surface area (Å²) in [4.78, 5) is 6.56. The zero-order valence-electron chi connectivity index (χ0n) is 9.15. The van der Waals surface area contributed by atoms with Gasteiger partial charge >= 0.3 is 0 Å². The van der Waals surface area contributed by atoms with Crippen LogP contribution >= 0.6 is 0 Å². The summed E-state index contributed by atoms with van der Waals surface area (Å²) in [6, 6.07) is 0.478. The van der Waals surface area contributed by atoms with E-state index in [4.69, 9.17) is 10.3 Å². The van der Waals surface area contributed by atoms with Gasteiger partial charge in [0.05, 0.1) is 6.54 Å². The first-order valence-corrected chi connectivity index (χ1v) is 5.53. The Bertz CT molecular complexity index is 312. The Kier molecular flexibility index (Phi) is 3.33. The monoisotopic (exact) mass is 210 g/mol. The minimum Gasteiger partial charge on any atom is -0.338 e. The van der Waals surface area contributed by atoms with Crippen LogP contribution in [-0.2, 0) is 6.54 Å². The Labute approximate surface area is 89.6 Å². The zero-order valence-corrected chi connectivity index (χ0v) is 9.15. The third-order valence-corrected chi connectivity index (χ3v) is 2.93. The molecule has 1 atom stereocenters. The molecule has 2 N–H and O–H groups in total. The molecule has 84 valence electrons. The van der Waals surface area contributed by atoms with Crippen molar-refractivity contribution in [3.8, 4) is 0 Å². The quantitative estimate of drug-likeness (QED) is 0.795. The molecule has 0 spiro atoms. The third kappa shape index (κ3) is 2.54. The number of hydrogen-bond acceptors (Lipinski definition) is 5. The molecule has 5 nitrogen and oxygen atoms in total. The molecule has 5 heteroatoms. The number of likely N-dealkylation sites (tertiary alicyclic amines) is 1. The molecule has 0 amide bonds. The van der Waals surface area contributed by atoms with E-state index in [0.29, 0.717) is 24.3 Å². The molecule has 0 bridgehead atoms. The van der Waals surface area contributed by atoms with Crippen molar-refractivity contribution in [1.82, 2.24) is 15.0 Å². The second-order valence-corrected chi connectivity index (χ2v) is 4.09. The van der Waals surface area contributed by atoms with E-state index in [2.05, 4.69) is 15.0 Å². The Morgan fingerprint density at radius 3 is 3.07 bits per heavy atom. The number of nitrogens with two attached hydrogens (primary N) is 1.